The van der Waals surface area contributed by atoms with Crippen molar-refractivity contribution < 1.29 is 9.59 Å². The summed E-state index contributed by atoms with van der Waals surface area (Å²) in [5.41, 5.74) is 0. The van der Waals surface area contributed by atoms with E-state index in [0.717, 1.165) is 51.5 Å². The molecule has 1 aliphatic rings. The molecule has 21 heavy (non-hydrogen) atoms. The predicted octanol–water partition coefficient (Wildman–Crippen LogP) is 2.11. The van der Waals surface area contributed by atoms with Gasteiger partial charge in [0.1, 0.15) is 6.29 Å². The number of carbonyl (C=O) groups excluding carboxylic acids is 2. The van der Waals surface area contributed by atoms with Crippen molar-refractivity contribution in [3.8, 4) is 0 Å². The molecule has 5 nitrogen and oxygen atoms in total. The van der Waals surface area contributed by atoms with Crippen LogP contribution in [0.5, 0.6) is 0 Å². The van der Waals surface area contributed by atoms with E-state index in [1.54, 1.807) is 0 Å². The minimum absolute atomic E-state index is 0. The highest BCUT2D eigenvalue weighted by Gasteiger charge is 2.20. The summed E-state index contributed by atoms with van der Waals surface area (Å²) in [5, 5.41) is 8.82. The fourth-order valence-electron chi connectivity index (χ4n) is 1.77. The Hall–Kier alpha value is -0.940. The minimum Gasteiger partial charge on any atom is -0.355 e. The molecule has 3 N–H and O–H groups in total. The first-order valence-corrected chi connectivity index (χ1v) is 7.79. The lowest BCUT2D eigenvalue weighted by molar-refractivity contribution is -0.122. The second-order valence-corrected chi connectivity index (χ2v) is 4.46. The molecule has 1 fully saturated rings. The molecule has 1 heterocycles. The molecule has 0 aromatic carbocycles. The molecule has 0 bridgehead atoms. The molecule has 0 unspecified atom stereocenters. The Bertz CT molecular complexity index is 218. The largest absolute Gasteiger partial charge is 0.355 e. The van der Waals surface area contributed by atoms with E-state index in [1.165, 1.54) is 0 Å². The molecule has 0 radical (unpaired) electrons. The lowest BCUT2D eigenvalue weighted by Gasteiger charge is -2.10. The Morgan fingerprint density at radius 1 is 1.24 bits per heavy atom. The zero-order valence-corrected chi connectivity index (χ0v) is 13.6. The third kappa shape index (κ3) is 17.0. The summed E-state index contributed by atoms with van der Waals surface area (Å²) in [6.45, 7) is 5.69. The molecule has 0 spiro atoms. The molecule has 1 rings (SSSR count). The van der Waals surface area contributed by atoms with Gasteiger partial charge in [0.25, 0.3) is 0 Å². The number of amides is 1. The second kappa shape index (κ2) is 21.4. The van der Waals surface area contributed by atoms with Gasteiger partial charge in [-0.15, -0.1) is 0 Å². The van der Waals surface area contributed by atoms with Crippen molar-refractivity contribution in [3.05, 3.63) is 0 Å². The molecule has 0 aliphatic carbocycles. The maximum atomic E-state index is 11.5. The Morgan fingerprint density at radius 3 is 2.33 bits per heavy atom. The Kier molecular flexibility index (Phi) is 25.5. The molecule has 0 aromatic rings. The van der Waals surface area contributed by atoms with Gasteiger partial charge in [-0.2, -0.15) is 0 Å². The first-order chi connectivity index (χ1) is 9.76. The van der Waals surface area contributed by atoms with E-state index in [2.05, 4.69) is 16.0 Å². The topological polar surface area (TPSA) is 70.2 Å². The first-order valence-electron chi connectivity index (χ1n) is 7.79. The van der Waals surface area contributed by atoms with Gasteiger partial charge >= 0.3 is 0 Å². The number of hydrogen-bond donors (Lipinski definition) is 3. The van der Waals surface area contributed by atoms with E-state index in [-0.39, 0.29) is 19.4 Å². The van der Waals surface area contributed by atoms with Gasteiger partial charge in [-0.05, 0) is 46.3 Å². The van der Waals surface area contributed by atoms with Crippen LogP contribution in [-0.2, 0) is 9.59 Å². The molecule has 5 heteroatoms. The van der Waals surface area contributed by atoms with E-state index in [9.17, 15) is 9.59 Å². The SMILES string of the molecule is C.CC.CNC.O=CCCCCCNC(=O)[C@H]1CCCN1. The first kappa shape index (κ1) is 25.0. The summed E-state index contributed by atoms with van der Waals surface area (Å²) in [6.07, 6.45) is 6.54. The van der Waals surface area contributed by atoms with Crippen LogP contribution in [0, 0.1) is 0 Å². The summed E-state index contributed by atoms with van der Waals surface area (Å²) >= 11 is 0. The van der Waals surface area contributed by atoms with Crippen molar-refractivity contribution in [1.82, 2.24) is 16.0 Å². The zero-order valence-electron chi connectivity index (χ0n) is 13.6. The number of hydrogen-bond acceptors (Lipinski definition) is 4. The number of aldehydes is 1. The van der Waals surface area contributed by atoms with Crippen molar-refractivity contribution in [2.75, 3.05) is 27.2 Å². The predicted molar refractivity (Wildman–Crippen MR) is 91.6 cm³/mol. The summed E-state index contributed by atoms with van der Waals surface area (Å²) in [4.78, 5) is 21.5. The molecule has 0 aromatic heterocycles. The fourth-order valence-corrected chi connectivity index (χ4v) is 1.77. The van der Waals surface area contributed by atoms with Gasteiger partial charge in [0, 0.05) is 13.0 Å². The van der Waals surface area contributed by atoms with Gasteiger partial charge in [0.05, 0.1) is 6.04 Å². The third-order valence-electron chi connectivity index (χ3n) is 2.67. The van der Waals surface area contributed by atoms with Crippen LogP contribution in [0.4, 0.5) is 0 Å². The highest BCUT2D eigenvalue weighted by Crippen LogP contribution is 2.04. The molecule has 1 amide bonds. The van der Waals surface area contributed by atoms with Gasteiger partial charge in [-0.3, -0.25) is 4.79 Å². The highest BCUT2D eigenvalue weighted by molar-refractivity contribution is 5.81. The van der Waals surface area contributed by atoms with Gasteiger partial charge in [-0.1, -0.05) is 27.7 Å². The van der Waals surface area contributed by atoms with Crippen LogP contribution in [0.25, 0.3) is 0 Å². The molecule has 128 valence electrons. The Labute approximate surface area is 131 Å². The van der Waals surface area contributed by atoms with E-state index < -0.39 is 0 Å². The maximum Gasteiger partial charge on any atom is 0.237 e. The minimum atomic E-state index is 0. The van der Waals surface area contributed by atoms with Crippen LogP contribution in [0.2, 0.25) is 0 Å². The number of nitrogens with one attached hydrogen (secondary N) is 3. The van der Waals surface area contributed by atoms with Crippen LogP contribution in [0.3, 0.4) is 0 Å². The Morgan fingerprint density at radius 2 is 1.86 bits per heavy atom. The van der Waals surface area contributed by atoms with E-state index >= 15 is 0 Å². The lowest BCUT2D eigenvalue weighted by Crippen LogP contribution is -2.40. The number of rotatable bonds is 7. The van der Waals surface area contributed by atoms with E-state index in [0.29, 0.717) is 6.42 Å². The van der Waals surface area contributed by atoms with Crippen molar-refractivity contribution >= 4 is 12.2 Å². The molecule has 0 saturated carbocycles. The molecular formula is C16H37N3O2. The normalized spacial score (nSPS) is 15.5. The maximum absolute atomic E-state index is 11.5. The van der Waals surface area contributed by atoms with E-state index in [1.807, 2.05) is 27.9 Å². The van der Waals surface area contributed by atoms with E-state index in [4.69, 9.17) is 0 Å². The Balaban J connectivity index is -0.000000479. The van der Waals surface area contributed by atoms with Gasteiger partial charge < -0.3 is 20.7 Å². The van der Waals surface area contributed by atoms with Crippen molar-refractivity contribution in [3.63, 3.8) is 0 Å². The summed E-state index contributed by atoms with van der Waals surface area (Å²) in [7, 11) is 3.75. The smallest absolute Gasteiger partial charge is 0.237 e. The van der Waals surface area contributed by atoms with Crippen LogP contribution < -0.4 is 16.0 Å². The van der Waals surface area contributed by atoms with Gasteiger partial charge in [0.2, 0.25) is 5.91 Å². The van der Waals surface area contributed by atoms with Crippen molar-refractivity contribution in [2.45, 2.75) is 65.8 Å². The van der Waals surface area contributed by atoms with Gasteiger partial charge in [0.15, 0.2) is 0 Å². The second-order valence-electron chi connectivity index (χ2n) is 4.46. The number of unbranched alkanes of at least 4 members (excludes halogenated alkanes) is 3. The van der Waals surface area contributed by atoms with Crippen LogP contribution in [-0.4, -0.2) is 45.4 Å². The lowest BCUT2D eigenvalue weighted by atomic mass is 10.2. The highest BCUT2D eigenvalue weighted by atomic mass is 16.2. The van der Waals surface area contributed by atoms with Crippen LogP contribution in [0.15, 0.2) is 0 Å². The third-order valence-corrected chi connectivity index (χ3v) is 2.67. The molecule has 1 atom stereocenters. The summed E-state index contributed by atoms with van der Waals surface area (Å²) in [6, 6.07) is 0.0278. The summed E-state index contributed by atoms with van der Waals surface area (Å²) < 4.78 is 0. The standard InChI is InChI=1S/C11H20N2O2.C2H7N.C2H6.CH4/c14-9-4-2-1-3-7-13-11(15)10-6-5-8-12-10;1-3-2;1-2;/h9-10,12H,1-8H2,(H,13,15);3H,1-2H3;1-2H3;1H4/t10-;;;/m1.../s1. The molecular weight excluding hydrogens is 266 g/mol. The van der Waals surface area contributed by atoms with Crippen LogP contribution >= 0.6 is 0 Å². The quantitative estimate of drug-likeness (QED) is 0.498. The molecule has 1 saturated heterocycles. The monoisotopic (exact) mass is 303 g/mol. The van der Waals surface area contributed by atoms with Crippen molar-refractivity contribution in [2.24, 2.45) is 0 Å². The average molecular weight is 303 g/mol. The zero-order chi connectivity index (χ0) is 15.6. The molecule has 1 aliphatic heterocycles. The van der Waals surface area contributed by atoms with Crippen molar-refractivity contribution in [1.29, 1.82) is 0 Å². The van der Waals surface area contributed by atoms with Crippen LogP contribution in [0.1, 0.15) is 59.8 Å². The average Bonchev–Trinajstić information content (AvgIpc) is 3.00. The fraction of sp³-hybridized carbons (Fsp3) is 0.875. The van der Waals surface area contributed by atoms with Gasteiger partial charge in [-0.25, -0.2) is 0 Å². The summed E-state index contributed by atoms with van der Waals surface area (Å²) in [5.74, 6) is 0.128. The number of carbonyl (C=O) groups is 2.